The molecule has 94 valence electrons. The van der Waals surface area contributed by atoms with Gasteiger partial charge in [-0.25, -0.2) is 13.6 Å². The molecule has 0 fully saturated rings. The highest BCUT2D eigenvalue weighted by molar-refractivity contribution is 5.89. The zero-order valence-electron chi connectivity index (χ0n) is 10.0. The molecule has 0 heterocycles. The van der Waals surface area contributed by atoms with E-state index in [-0.39, 0.29) is 12.2 Å². The normalized spacial score (nSPS) is 10.6. The fourth-order valence-electron chi connectivity index (χ4n) is 1.39. The van der Waals surface area contributed by atoms with Crippen LogP contribution in [0.2, 0.25) is 0 Å². The van der Waals surface area contributed by atoms with Crippen molar-refractivity contribution in [3.8, 4) is 0 Å². The monoisotopic (exact) mass is 242 g/mol. The first-order valence-corrected chi connectivity index (χ1v) is 5.63. The second kappa shape index (κ2) is 6.33. The number of ether oxygens (including phenoxy) is 1. The van der Waals surface area contributed by atoms with Crippen molar-refractivity contribution < 1.29 is 18.3 Å². The zero-order chi connectivity index (χ0) is 12.8. The predicted octanol–water partition coefficient (Wildman–Crippen LogP) is 3.56. The van der Waals surface area contributed by atoms with E-state index in [2.05, 4.69) is 13.8 Å². The number of rotatable bonds is 5. The Morgan fingerprint density at radius 1 is 1.35 bits per heavy atom. The number of hydrogen-bond donors (Lipinski definition) is 0. The maximum absolute atomic E-state index is 13.2. The number of halogens is 2. The summed E-state index contributed by atoms with van der Waals surface area (Å²) in [6.07, 6.45) is 1.69. The van der Waals surface area contributed by atoms with Gasteiger partial charge in [-0.1, -0.05) is 13.8 Å². The fraction of sp³-hybridized carbons (Fsp3) is 0.462. The smallest absolute Gasteiger partial charge is 0.341 e. The SMILES string of the molecule is CC(C)CCCOC(=O)c1ccc(F)cc1F. The van der Waals surface area contributed by atoms with E-state index in [0.717, 1.165) is 25.0 Å². The van der Waals surface area contributed by atoms with Crippen molar-refractivity contribution in [3.63, 3.8) is 0 Å². The molecule has 0 aromatic heterocycles. The molecule has 0 radical (unpaired) electrons. The third kappa shape index (κ3) is 4.51. The summed E-state index contributed by atoms with van der Waals surface area (Å²) in [7, 11) is 0. The standard InChI is InChI=1S/C13H16F2O2/c1-9(2)4-3-7-17-13(16)11-6-5-10(14)8-12(11)15/h5-6,8-9H,3-4,7H2,1-2H3. The molecule has 0 saturated carbocycles. The van der Waals surface area contributed by atoms with Gasteiger partial charge in [-0.15, -0.1) is 0 Å². The number of esters is 1. The number of hydrogen-bond acceptors (Lipinski definition) is 2. The number of carbonyl (C=O) groups excluding carboxylic acids is 1. The van der Waals surface area contributed by atoms with Crippen LogP contribution in [0.5, 0.6) is 0 Å². The second-order valence-corrected chi connectivity index (χ2v) is 4.30. The van der Waals surface area contributed by atoms with Gasteiger partial charge in [-0.3, -0.25) is 0 Å². The van der Waals surface area contributed by atoms with Gasteiger partial charge in [-0.2, -0.15) is 0 Å². The summed E-state index contributed by atoms with van der Waals surface area (Å²) >= 11 is 0. The molecule has 1 rings (SSSR count). The number of carbonyl (C=O) groups is 1. The Balaban J connectivity index is 2.47. The van der Waals surface area contributed by atoms with Crippen LogP contribution >= 0.6 is 0 Å². The van der Waals surface area contributed by atoms with Crippen LogP contribution in [0.4, 0.5) is 8.78 Å². The molecule has 0 unspecified atom stereocenters. The predicted molar refractivity (Wildman–Crippen MR) is 60.7 cm³/mol. The van der Waals surface area contributed by atoms with Crippen molar-refractivity contribution in [3.05, 3.63) is 35.4 Å². The first kappa shape index (κ1) is 13.6. The van der Waals surface area contributed by atoms with E-state index in [9.17, 15) is 13.6 Å². The van der Waals surface area contributed by atoms with Crippen LogP contribution in [0.3, 0.4) is 0 Å². The van der Waals surface area contributed by atoms with Gasteiger partial charge in [0.25, 0.3) is 0 Å². The summed E-state index contributed by atoms with van der Waals surface area (Å²) in [6.45, 7) is 4.40. The van der Waals surface area contributed by atoms with Crippen LogP contribution in [-0.4, -0.2) is 12.6 Å². The molecule has 0 bridgehead atoms. The van der Waals surface area contributed by atoms with Crippen LogP contribution in [-0.2, 0) is 4.74 Å². The molecule has 0 amide bonds. The van der Waals surface area contributed by atoms with Crippen molar-refractivity contribution in [2.24, 2.45) is 5.92 Å². The molecule has 1 aromatic carbocycles. The van der Waals surface area contributed by atoms with Gasteiger partial charge >= 0.3 is 5.97 Å². The molecule has 17 heavy (non-hydrogen) atoms. The minimum Gasteiger partial charge on any atom is -0.462 e. The molecule has 0 aliphatic rings. The van der Waals surface area contributed by atoms with E-state index in [1.54, 1.807) is 0 Å². The summed E-state index contributed by atoms with van der Waals surface area (Å²) in [5, 5.41) is 0. The third-order valence-electron chi connectivity index (χ3n) is 2.31. The van der Waals surface area contributed by atoms with E-state index < -0.39 is 17.6 Å². The molecule has 0 atom stereocenters. The van der Waals surface area contributed by atoms with E-state index in [4.69, 9.17) is 4.74 Å². The van der Waals surface area contributed by atoms with Crippen molar-refractivity contribution in [2.75, 3.05) is 6.61 Å². The van der Waals surface area contributed by atoms with Gasteiger partial charge in [-0.05, 0) is 30.9 Å². The Morgan fingerprint density at radius 3 is 2.65 bits per heavy atom. The molecule has 0 N–H and O–H groups in total. The summed E-state index contributed by atoms with van der Waals surface area (Å²) in [5.74, 6) is -1.81. The van der Waals surface area contributed by atoms with Gasteiger partial charge in [0.2, 0.25) is 0 Å². The molecule has 0 saturated heterocycles. The zero-order valence-corrected chi connectivity index (χ0v) is 10.0. The van der Waals surface area contributed by atoms with Gasteiger partial charge in [0.1, 0.15) is 11.6 Å². The lowest BCUT2D eigenvalue weighted by Crippen LogP contribution is -2.09. The van der Waals surface area contributed by atoms with Crippen molar-refractivity contribution in [1.82, 2.24) is 0 Å². The second-order valence-electron chi connectivity index (χ2n) is 4.30. The van der Waals surface area contributed by atoms with Crippen LogP contribution in [0, 0.1) is 17.6 Å². The molecule has 0 aliphatic carbocycles. The summed E-state index contributed by atoms with van der Waals surface area (Å²) < 4.78 is 30.7. The quantitative estimate of drug-likeness (QED) is 0.583. The van der Waals surface area contributed by atoms with E-state index in [1.807, 2.05) is 0 Å². The molecule has 4 heteroatoms. The van der Waals surface area contributed by atoms with E-state index in [0.29, 0.717) is 12.0 Å². The fourth-order valence-corrected chi connectivity index (χ4v) is 1.39. The van der Waals surface area contributed by atoms with Gasteiger partial charge < -0.3 is 4.74 Å². The highest BCUT2D eigenvalue weighted by atomic mass is 19.1. The van der Waals surface area contributed by atoms with Crippen LogP contribution in [0.15, 0.2) is 18.2 Å². The van der Waals surface area contributed by atoms with Gasteiger partial charge in [0.05, 0.1) is 12.2 Å². The lowest BCUT2D eigenvalue weighted by atomic mass is 10.1. The maximum atomic E-state index is 13.2. The lowest BCUT2D eigenvalue weighted by molar-refractivity contribution is 0.0489. The largest absolute Gasteiger partial charge is 0.462 e. The Kier molecular flexibility index (Phi) is 5.07. The number of benzene rings is 1. The first-order chi connectivity index (χ1) is 8.00. The Morgan fingerprint density at radius 2 is 2.06 bits per heavy atom. The van der Waals surface area contributed by atoms with Crippen LogP contribution < -0.4 is 0 Å². The summed E-state index contributed by atoms with van der Waals surface area (Å²) in [6, 6.07) is 2.80. The van der Waals surface area contributed by atoms with E-state index in [1.165, 1.54) is 0 Å². The highest BCUT2D eigenvalue weighted by Crippen LogP contribution is 2.11. The molecule has 2 nitrogen and oxygen atoms in total. The topological polar surface area (TPSA) is 26.3 Å². The maximum Gasteiger partial charge on any atom is 0.341 e. The van der Waals surface area contributed by atoms with Crippen LogP contribution in [0.1, 0.15) is 37.0 Å². The van der Waals surface area contributed by atoms with Crippen molar-refractivity contribution in [2.45, 2.75) is 26.7 Å². The molecular weight excluding hydrogens is 226 g/mol. The lowest BCUT2D eigenvalue weighted by Gasteiger charge is -2.07. The van der Waals surface area contributed by atoms with E-state index >= 15 is 0 Å². The van der Waals surface area contributed by atoms with Gasteiger partial charge in [0.15, 0.2) is 0 Å². The minimum atomic E-state index is -0.890. The molecule has 0 spiro atoms. The first-order valence-electron chi connectivity index (χ1n) is 5.63. The van der Waals surface area contributed by atoms with Crippen molar-refractivity contribution >= 4 is 5.97 Å². The van der Waals surface area contributed by atoms with Gasteiger partial charge in [0, 0.05) is 6.07 Å². The minimum absolute atomic E-state index is 0.226. The van der Waals surface area contributed by atoms with Crippen LogP contribution in [0.25, 0.3) is 0 Å². The van der Waals surface area contributed by atoms with Crippen molar-refractivity contribution in [1.29, 1.82) is 0 Å². The highest BCUT2D eigenvalue weighted by Gasteiger charge is 2.13. The molecular formula is C13H16F2O2. The Labute approximate surface area is 99.6 Å². The Hall–Kier alpha value is -1.45. The average molecular weight is 242 g/mol. The molecule has 0 aliphatic heterocycles. The average Bonchev–Trinajstić information content (AvgIpc) is 2.23. The third-order valence-corrected chi connectivity index (χ3v) is 2.31. The summed E-state index contributed by atoms with van der Waals surface area (Å²) in [4.78, 5) is 11.4. The summed E-state index contributed by atoms with van der Waals surface area (Å²) in [5.41, 5.74) is -0.226. The molecule has 1 aromatic rings. The Bertz CT molecular complexity index is 389.